The average Bonchev–Trinajstić information content (AvgIpc) is 2.73. The van der Waals surface area contributed by atoms with E-state index < -0.39 is 11.7 Å². The van der Waals surface area contributed by atoms with Crippen LogP contribution in [-0.2, 0) is 6.18 Å². The number of benzene rings is 2. The zero-order valence-electron chi connectivity index (χ0n) is 16.8. The molecule has 164 valence electrons. The zero-order valence-corrected chi connectivity index (χ0v) is 18.4. The van der Waals surface area contributed by atoms with Crippen LogP contribution in [0.3, 0.4) is 0 Å². The molecule has 0 saturated heterocycles. The monoisotopic (exact) mass is 494 g/mol. The van der Waals surface area contributed by atoms with Crippen molar-refractivity contribution in [3.8, 4) is 5.75 Å². The van der Waals surface area contributed by atoms with Crippen LogP contribution < -0.4 is 15.4 Å². The number of halogens is 4. The largest absolute Gasteiger partial charge is 0.494 e. The minimum Gasteiger partial charge on any atom is -0.494 e. The van der Waals surface area contributed by atoms with Crippen molar-refractivity contribution >= 4 is 39.1 Å². The van der Waals surface area contributed by atoms with Gasteiger partial charge in [0.25, 0.3) is 0 Å². The topological polar surface area (TPSA) is 59.1 Å². The molecule has 0 aliphatic heterocycles. The van der Waals surface area contributed by atoms with E-state index in [9.17, 15) is 13.2 Å². The SMILES string of the molecule is CCCCCOc1ccc(Nc2nc(Nc3ccc(Br)cc3)ncc2C(F)(F)F)cc1. The molecule has 0 fully saturated rings. The van der Waals surface area contributed by atoms with E-state index in [0.29, 0.717) is 23.7 Å². The van der Waals surface area contributed by atoms with Gasteiger partial charge in [-0.05, 0) is 55.0 Å². The summed E-state index contributed by atoms with van der Waals surface area (Å²) in [5, 5.41) is 5.65. The van der Waals surface area contributed by atoms with Crippen LogP contribution in [0.15, 0.2) is 59.2 Å². The van der Waals surface area contributed by atoms with Crippen molar-refractivity contribution in [2.45, 2.75) is 32.4 Å². The Labute approximate surface area is 187 Å². The van der Waals surface area contributed by atoms with E-state index >= 15 is 0 Å². The molecule has 1 aromatic heterocycles. The summed E-state index contributed by atoms with van der Waals surface area (Å²) in [6, 6.07) is 13.9. The normalized spacial score (nSPS) is 11.3. The molecular weight excluding hydrogens is 473 g/mol. The number of unbranched alkanes of at least 4 members (excludes halogenated alkanes) is 2. The summed E-state index contributed by atoms with van der Waals surface area (Å²) < 4.78 is 46.9. The van der Waals surface area contributed by atoms with E-state index in [2.05, 4.69) is 43.5 Å². The molecule has 0 amide bonds. The van der Waals surface area contributed by atoms with Crippen molar-refractivity contribution in [3.63, 3.8) is 0 Å². The zero-order chi connectivity index (χ0) is 22.3. The number of nitrogens with one attached hydrogen (secondary N) is 2. The first-order valence-electron chi connectivity index (χ1n) is 9.82. The summed E-state index contributed by atoms with van der Waals surface area (Å²) in [5.41, 5.74) is 0.159. The first-order valence-corrected chi connectivity index (χ1v) is 10.6. The van der Waals surface area contributed by atoms with E-state index in [1.54, 1.807) is 48.5 Å². The Morgan fingerprint density at radius 1 is 0.935 bits per heavy atom. The lowest BCUT2D eigenvalue weighted by Gasteiger charge is -2.15. The maximum atomic E-state index is 13.5. The molecule has 2 aromatic carbocycles. The van der Waals surface area contributed by atoms with Gasteiger partial charge in [0.15, 0.2) is 0 Å². The molecule has 9 heteroatoms. The number of hydrogen-bond donors (Lipinski definition) is 2. The summed E-state index contributed by atoms with van der Waals surface area (Å²) in [6.45, 7) is 2.72. The van der Waals surface area contributed by atoms with Gasteiger partial charge >= 0.3 is 6.18 Å². The third-order valence-electron chi connectivity index (χ3n) is 4.33. The van der Waals surface area contributed by atoms with Gasteiger partial charge in [-0.1, -0.05) is 35.7 Å². The molecule has 0 bridgehead atoms. The predicted octanol–water partition coefficient (Wildman–Crippen LogP) is 7.31. The van der Waals surface area contributed by atoms with E-state index in [1.165, 1.54) is 0 Å². The minimum absolute atomic E-state index is 0.0497. The highest BCUT2D eigenvalue weighted by Gasteiger charge is 2.35. The Bertz CT molecular complexity index is 980. The highest BCUT2D eigenvalue weighted by molar-refractivity contribution is 9.10. The fourth-order valence-corrected chi connectivity index (χ4v) is 2.98. The molecule has 0 spiro atoms. The van der Waals surface area contributed by atoms with Crippen LogP contribution in [0.2, 0.25) is 0 Å². The van der Waals surface area contributed by atoms with Crippen molar-refractivity contribution in [2.75, 3.05) is 17.2 Å². The van der Waals surface area contributed by atoms with Crippen LogP contribution >= 0.6 is 15.9 Å². The second kappa shape index (κ2) is 10.5. The summed E-state index contributed by atoms with van der Waals surface area (Å²) in [7, 11) is 0. The summed E-state index contributed by atoms with van der Waals surface area (Å²) in [4.78, 5) is 7.86. The van der Waals surface area contributed by atoms with Gasteiger partial charge in [0.1, 0.15) is 17.1 Å². The van der Waals surface area contributed by atoms with Crippen molar-refractivity contribution in [3.05, 3.63) is 64.8 Å². The maximum absolute atomic E-state index is 13.5. The van der Waals surface area contributed by atoms with E-state index in [4.69, 9.17) is 4.74 Å². The number of aromatic nitrogens is 2. The van der Waals surface area contributed by atoms with Crippen molar-refractivity contribution in [1.29, 1.82) is 0 Å². The number of alkyl halides is 3. The molecule has 31 heavy (non-hydrogen) atoms. The smallest absolute Gasteiger partial charge is 0.421 e. The van der Waals surface area contributed by atoms with Crippen molar-refractivity contribution in [2.24, 2.45) is 0 Å². The second-order valence-electron chi connectivity index (χ2n) is 6.79. The van der Waals surface area contributed by atoms with Crippen LogP contribution in [-0.4, -0.2) is 16.6 Å². The predicted molar refractivity (Wildman–Crippen MR) is 119 cm³/mol. The number of hydrogen-bond acceptors (Lipinski definition) is 5. The third kappa shape index (κ3) is 6.85. The fourth-order valence-electron chi connectivity index (χ4n) is 2.72. The van der Waals surface area contributed by atoms with Crippen LogP contribution in [0.1, 0.15) is 31.7 Å². The molecule has 0 radical (unpaired) electrons. The Morgan fingerprint density at radius 3 is 2.23 bits per heavy atom. The summed E-state index contributed by atoms with van der Waals surface area (Å²) in [5.74, 6) is 0.380. The van der Waals surface area contributed by atoms with Gasteiger partial charge in [0.2, 0.25) is 5.95 Å². The van der Waals surface area contributed by atoms with Gasteiger partial charge in [0, 0.05) is 22.0 Å². The van der Waals surface area contributed by atoms with Crippen LogP contribution in [0.4, 0.5) is 36.3 Å². The van der Waals surface area contributed by atoms with E-state index in [1.807, 2.05) is 0 Å². The molecule has 0 unspecified atom stereocenters. The molecule has 0 aliphatic rings. The molecule has 2 N–H and O–H groups in total. The minimum atomic E-state index is -4.60. The van der Waals surface area contributed by atoms with E-state index in [-0.39, 0.29) is 11.8 Å². The molecule has 1 heterocycles. The number of nitrogens with zero attached hydrogens (tertiary/aromatic N) is 2. The fraction of sp³-hybridized carbons (Fsp3) is 0.273. The molecule has 0 atom stereocenters. The number of rotatable bonds is 9. The highest BCUT2D eigenvalue weighted by Crippen LogP contribution is 2.35. The molecule has 0 saturated carbocycles. The Balaban J connectivity index is 1.77. The van der Waals surface area contributed by atoms with Gasteiger partial charge in [-0.2, -0.15) is 18.2 Å². The van der Waals surface area contributed by atoms with Gasteiger partial charge < -0.3 is 15.4 Å². The lowest BCUT2D eigenvalue weighted by atomic mass is 10.2. The molecule has 3 rings (SSSR count). The quantitative estimate of drug-likeness (QED) is 0.305. The molecule has 3 aromatic rings. The number of anilines is 4. The number of ether oxygens (including phenoxy) is 1. The lowest BCUT2D eigenvalue weighted by Crippen LogP contribution is -2.12. The Hall–Kier alpha value is -2.81. The highest BCUT2D eigenvalue weighted by atomic mass is 79.9. The van der Waals surface area contributed by atoms with E-state index in [0.717, 1.165) is 29.9 Å². The van der Waals surface area contributed by atoms with Gasteiger partial charge in [-0.15, -0.1) is 0 Å². The van der Waals surface area contributed by atoms with Gasteiger partial charge in [0.05, 0.1) is 6.61 Å². The maximum Gasteiger partial charge on any atom is 0.421 e. The first kappa shape index (κ1) is 22.9. The van der Waals surface area contributed by atoms with Crippen molar-refractivity contribution in [1.82, 2.24) is 9.97 Å². The third-order valence-corrected chi connectivity index (χ3v) is 4.86. The second-order valence-corrected chi connectivity index (χ2v) is 7.71. The molecular formula is C22H22BrF3N4O. The van der Waals surface area contributed by atoms with Crippen molar-refractivity contribution < 1.29 is 17.9 Å². The van der Waals surface area contributed by atoms with Crippen LogP contribution in [0.5, 0.6) is 5.75 Å². The van der Waals surface area contributed by atoms with Crippen LogP contribution in [0, 0.1) is 0 Å². The summed E-state index contributed by atoms with van der Waals surface area (Å²) in [6.07, 6.45) is -0.682. The summed E-state index contributed by atoms with van der Waals surface area (Å²) >= 11 is 3.33. The Morgan fingerprint density at radius 2 is 1.58 bits per heavy atom. The Kier molecular flexibility index (Phi) is 7.73. The molecule has 5 nitrogen and oxygen atoms in total. The molecule has 0 aliphatic carbocycles. The standard InChI is InChI=1S/C22H22BrF3N4O/c1-2-3-4-13-31-18-11-9-16(10-12-18)28-20-19(22(24,25)26)14-27-21(30-20)29-17-7-5-15(23)6-8-17/h5-12,14H,2-4,13H2,1H3,(H2,27,28,29,30). The average molecular weight is 495 g/mol. The lowest BCUT2D eigenvalue weighted by molar-refractivity contribution is -0.137. The van der Waals surface area contributed by atoms with Crippen LogP contribution in [0.25, 0.3) is 0 Å². The van der Waals surface area contributed by atoms with Gasteiger partial charge in [-0.25, -0.2) is 4.98 Å². The van der Waals surface area contributed by atoms with Gasteiger partial charge in [-0.3, -0.25) is 0 Å². The first-order chi connectivity index (χ1) is 14.8.